The third kappa shape index (κ3) is 4.45. The smallest absolute Gasteiger partial charge is 0.259 e. The quantitative estimate of drug-likeness (QED) is 0.868. The maximum absolute atomic E-state index is 13.0. The van der Waals surface area contributed by atoms with Crippen molar-refractivity contribution < 1.29 is 9.59 Å². The lowest BCUT2D eigenvalue weighted by Crippen LogP contribution is -2.28. The summed E-state index contributed by atoms with van der Waals surface area (Å²) >= 11 is 0. The largest absolute Gasteiger partial charge is 0.366 e. The highest BCUT2D eigenvalue weighted by molar-refractivity contribution is 6.08. The van der Waals surface area contributed by atoms with Crippen molar-refractivity contribution in [1.29, 1.82) is 0 Å². The van der Waals surface area contributed by atoms with Crippen LogP contribution in [-0.4, -0.2) is 29.9 Å². The molecule has 0 radical (unpaired) electrons. The van der Waals surface area contributed by atoms with Gasteiger partial charge in [0.15, 0.2) is 0 Å². The summed E-state index contributed by atoms with van der Waals surface area (Å²) in [7, 11) is 0. The van der Waals surface area contributed by atoms with E-state index in [0.29, 0.717) is 16.8 Å². The van der Waals surface area contributed by atoms with Crippen LogP contribution in [0.2, 0.25) is 0 Å². The van der Waals surface area contributed by atoms with Gasteiger partial charge in [0.25, 0.3) is 5.91 Å². The number of hydrogen-bond acceptors (Lipinski definition) is 4. The monoisotopic (exact) mass is 366 g/mol. The fourth-order valence-corrected chi connectivity index (χ4v) is 3.33. The van der Waals surface area contributed by atoms with E-state index in [-0.39, 0.29) is 5.91 Å². The molecule has 0 atom stereocenters. The minimum absolute atomic E-state index is 0.230. The summed E-state index contributed by atoms with van der Waals surface area (Å²) in [5, 5.41) is 2.88. The summed E-state index contributed by atoms with van der Waals surface area (Å²) in [5.74, 6) is -0.0146. The van der Waals surface area contributed by atoms with E-state index in [1.807, 2.05) is 19.9 Å². The molecular weight excluding hydrogens is 340 g/mol. The number of rotatable bonds is 4. The summed E-state index contributed by atoms with van der Waals surface area (Å²) in [6, 6.07) is 8.54. The lowest BCUT2D eigenvalue weighted by atomic mass is 10.1. The average Bonchev–Trinajstić information content (AvgIpc) is 2.93. The van der Waals surface area contributed by atoms with Gasteiger partial charge >= 0.3 is 0 Å². The molecule has 0 saturated carbocycles. The van der Waals surface area contributed by atoms with Crippen molar-refractivity contribution in [2.45, 2.75) is 39.5 Å². The highest BCUT2D eigenvalue weighted by Crippen LogP contribution is 2.25. The number of amides is 2. The van der Waals surface area contributed by atoms with Crippen LogP contribution in [0.4, 0.5) is 11.5 Å². The van der Waals surface area contributed by atoms with Crippen molar-refractivity contribution in [2.24, 2.45) is 5.73 Å². The third-order valence-corrected chi connectivity index (χ3v) is 5.00. The van der Waals surface area contributed by atoms with Crippen LogP contribution in [-0.2, 0) is 0 Å². The zero-order chi connectivity index (χ0) is 19.4. The summed E-state index contributed by atoms with van der Waals surface area (Å²) in [4.78, 5) is 31.3. The summed E-state index contributed by atoms with van der Waals surface area (Å²) in [6.07, 6.45) is 4.64. The molecule has 6 heteroatoms. The zero-order valence-corrected chi connectivity index (χ0v) is 15.9. The van der Waals surface area contributed by atoms with Gasteiger partial charge in [0.1, 0.15) is 5.82 Å². The number of primary amides is 1. The lowest BCUT2D eigenvalue weighted by Gasteiger charge is -2.25. The van der Waals surface area contributed by atoms with Gasteiger partial charge < -0.3 is 16.0 Å². The van der Waals surface area contributed by atoms with Crippen LogP contribution in [0.15, 0.2) is 30.3 Å². The van der Waals surface area contributed by atoms with Gasteiger partial charge in [0, 0.05) is 30.0 Å². The van der Waals surface area contributed by atoms with E-state index in [0.717, 1.165) is 43.0 Å². The molecule has 0 spiro atoms. The number of pyridine rings is 1. The Morgan fingerprint density at radius 2 is 1.78 bits per heavy atom. The molecule has 0 bridgehead atoms. The number of nitrogens with two attached hydrogens (primary N) is 1. The predicted molar refractivity (Wildman–Crippen MR) is 107 cm³/mol. The maximum atomic E-state index is 13.0. The lowest BCUT2D eigenvalue weighted by molar-refractivity contribution is 0.0996. The number of anilines is 2. The van der Waals surface area contributed by atoms with Crippen LogP contribution in [0.1, 0.15) is 57.7 Å². The second-order valence-corrected chi connectivity index (χ2v) is 7.06. The van der Waals surface area contributed by atoms with Gasteiger partial charge in [0.2, 0.25) is 5.91 Å². The Hall–Kier alpha value is -2.89. The fourth-order valence-electron chi connectivity index (χ4n) is 3.33. The van der Waals surface area contributed by atoms with Gasteiger partial charge in [-0.05, 0) is 56.5 Å². The molecule has 3 rings (SSSR count). The van der Waals surface area contributed by atoms with E-state index < -0.39 is 5.91 Å². The third-order valence-electron chi connectivity index (χ3n) is 5.00. The molecule has 0 unspecified atom stereocenters. The highest BCUT2D eigenvalue weighted by atomic mass is 16.2. The molecule has 1 aromatic carbocycles. The van der Waals surface area contributed by atoms with Crippen LogP contribution in [0.3, 0.4) is 0 Å². The van der Waals surface area contributed by atoms with Gasteiger partial charge in [0.05, 0.1) is 5.56 Å². The highest BCUT2D eigenvalue weighted by Gasteiger charge is 2.21. The first-order valence-electron chi connectivity index (χ1n) is 9.40. The number of aryl methyl sites for hydroxylation is 2. The molecule has 2 aromatic rings. The first-order chi connectivity index (χ1) is 13.0. The number of carbonyl (C=O) groups excluding carboxylic acids is 2. The van der Waals surface area contributed by atoms with Gasteiger partial charge in [-0.25, -0.2) is 4.98 Å². The molecular formula is C21H26N4O2. The van der Waals surface area contributed by atoms with Gasteiger partial charge in [-0.15, -0.1) is 0 Å². The van der Waals surface area contributed by atoms with Crippen molar-refractivity contribution in [3.63, 3.8) is 0 Å². The Morgan fingerprint density at radius 1 is 1.07 bits per heavy atom. The molecule has 1 aliphatic rings. The maximum Gasteiger partial charge on any atom is 0.259 e. The van der Waals surface area contributed by atoms with Crippen molar-refractivity contribution >= 4 is 23.3 Å². The minimum Gasteiger partial charge on any atom is -0.366 e. The summed E-state index contributed by atoms with van der Waals surface area (Å²) in [5.41, 5.74) is 8.70. The number of nitrogens with one attached hydrogen (secondary N) is 1. The first-order valence-corrected chi connectivity index (χ1v) is 9.40. The topological polar surface area (TPSA) is 88.3 Å². The summed E-state index contributed by atoms with van der Waals surface area (Å²) < 4.78 is 0. The van der Waals surface area contributed by atoms with Gasteiger partial charge in [-0.2, -0.15) is 0 Å². The van der Waals surface area contributed by atoms with Crippen LogP contribution in [0.5, 0.6) is 0 Å². The Balaban J connectivity index is 1.92. The molecule has 142 valence electrons. The standard InChI is InChI=1S/C21H26N4O2/c1-14-12-18(20(23-15(14)2)25-10-5-3-4-6-11-25)21(27)24-17-9-7-8-16(13-17)19(22)26/h7-9,12-13H,3-6,10-11H2,1-2H3,(H2,22,26)(H,24,27). The fraction of sp³-hybridized carbons (Fsp3) is 0.381. The average molecular weight is 366 g/mol. The molecule has 2 amide bonds. The summed E-state index contributed by atoms with van der Waals surface area (Å²) in [6.45, 7) is 5.74. The number of carbonyl (C=O) groups is 2. The van der Waals surface area contributed by atoms with Gasteiger partial charge in [-0.3, -0.25) is 9.59 Å². The molecule has 1 fully saturated rings. The van der Waals surface area contributed by atoms with Gasteiger partial charge in [-0.1, -0.05) is 18.9 Å². The molecule has 6 nitrogen and oxygen atoms in total. The van der Waals surface area contributed by atoms with Crippen LogP contribution >= 0.6 is 0 Å². The van der Waals surface area contributed by atoms with Crippen LogP contribution in [0, 0.1) is 13.8 Å². The molecule has 2 heterocycles. The number of nitrogens with zero attached hydrogens (tertiary/aromatic N) is 2. The predicted octanol–water partition coefficient (Wildman–Crippen LogP) is 3.43. The van der Waals surface area contributed by atoms with E-state index >= 15 is 0 Å². The van der Waals surface area contributed by atoms with Crippen molar-refractivity contribution in [2.75, 3.05) is 23.3 Å². The Morgan fingerprint density at radius 3 is 2.44 bits per heavy atom. The molecule has 0 aliphatic carbocycles. The molecule has 27 heavy (non-hydrogen) atoms. The number of hydrogen-bond donors (Lipinski definition) is 2. The Kier molecular flexibility index (Phi) is 5.74. The second-order valence-electron chi connectivity index (χ2n) is 7.06. The van der Waals surface area contributed by atoms with E-state index in [1.54, 1.807) is 24.3 Å². The van der Waals surface area contributed by atoms with E-state index in [4.69, 9.17) is 10.7 Å². The van der Waals surface area contributed by atoms with Crippen molar-refractivity contribution in [1.82, 2.24) is 4.98 Å². The SMILES string of the molecule is Cc1cc(C(=O)Nc2cccc(C(N)=O)c2)c(N2CCCCCC2)nc1C. The van der Waals surface area contributed by atoms with E-state index in [2.05, 4.69) is 10.2 Å². The minimum atomic E-state index is -0.524. The molecule has 1 saturated heterocycles. The number of aromatic nitrogens is 1. The van der Waals surface area contributed by atoms with Crippen LogP contribution < -0.4 is 16.0 Å². The van der Waals surface area contributed by atoms with Crippen LogP contribution in [0.25, 0.3) is 0 Å². The van der Waals surface area contributed by atoms with Crippen molar-refractivity contribution in [3.8, 4) is 0 Å². The molecule has 1 aromatic heterocycles. The zero-order valence-electron chi connectivity index (χ0n) is 15.9. The first kappa shape index (κ1) is 18.9. The second kappa shape index (κ2) is 8.20. The van der Waals surface area contributed by atoms with Crippen molar-refractivity contribution in [3.05, 3.63) is 52.7 Å². The normalized spacial score (nSPS) is 14.5. The Bertz CT molecular complexity index is 855. The molecule has 3 N–H and O–H groups in total. The number of benzene rings is 1. The van der Waals surface area contributed by atoms with E-state index in [9.17, 15) is 9.59 Å². The van der Waals surface area contributed by atoms with E-state index in [1.165, 1.54) is 12.8 Å². The Labute approximate surface area is 159 Å². The molecule has 1 aliphatic heterocycles.